The number of hydrogen-bond acceptors (Lipinski definition) is 3. The topological polar surface area (TPSA) is 63.4 Å². The van der Waals surface area contributed by atoms with Crippen molar-refractivity contribution in [3.05, 3.63) is 0 Å². The highest BCUT2D eigenvalue weighted by molar-refractivity contribution is 14.1. The van der Waals surface area contributed by atoms with Crippen molar-refractivity contribution in [1.29, 1.82) is 0 Å². The summed E-state index contributed by atoms with van der Waals surface area (Å²) < 4.78 is 22.1. The van der Waals surface area contributed by atoms with Crippen LogP contribution in [0.4, 0.5) is 0 Å². The van der Waals surface area contributed by atoms with E-state index in [4.69, 9.17) is 5.14 Å². The summed E-state index contributed by atoms with van der Waals surface area (Å²) in [4.78, 5) is 2.23. The Bertz CT molecular complexity index is 306. The van der Waals surface area contributed by atoms with Crippen LogP contribution in [0.3, 0.4) is 0 Å². The molecule has 6 heteroatoms. The Labute approximate surface area is 92.0 Å². The molecule has 2 fully saturated rings. The molecule has 0 spiro atoms. The Hall–Kier alpha value is 0.600. The summed E-state index contributed by atoms with van der Waals surface area (Å²) in [5, 5.41) is 4.73. The molecule has 1 saturated heterocycles. The molecule has 2 aliphatic rings. The van der Waals surface area contributed by atoms with Crippen LogP contribution in [0.5, 0.6) is 0 Å². The predicted molar refractivity (Wildman–Crippen MR) is 59.1 cm³/mol. The van der Waals surface area contributed by atoms with Gasteiger partial charge in [-0.15, -0.1) is 0 Å². The van der Waals surface area contributed by atoms with Crippen LogP contribution < -0.4 is 5.14 Å². The third-order valence-electron chi connectivity index (χ3n) is 3.00. The van der Waals surface area contributed by atoms with Crippen LogP contribution in [-0.4, -0.2) is 35.2 Å². The number of nitrogens with zero attached hydrogens (tertiary/aromatic N) is 1. The van der Waals surface area contributed by atoms with Gasteiger partial charge in [-0.2, -0.15) is 0 Å². The molecule has 4 nitrogen and oxygen atoms in total. The second-order valence-electron chi connectivity index (χ2n) is 3.89. The van der Waals surface area contributed by atoms with Crippen LogP contribution in [-0.2, 0) is 10.0 Å². The Kier molecular flexibility index (Phi) is 2.37. The van der Waals surface area contributed by atoms with E-state index in [9.17, 15) is 8.42 Å². The highest BCUT2D eigenvalue weighted by Crippen LogP contribution is 2.46. The number of hydrogen-bond donors (Lipinski definition) is 1. The standard InChI is InChI=1S/C7H13IN2O2S/c8-7(2-1-3-7)10-4-6(5-10)13(9,11)12/h6H,1-5H2,(H2,9,11,12). The van der Waals surface area contributed by atoms with Crippen molar-refractivity contribution in [3.8, 4) is 0 Å². The quantitative estimate of drug-likeness (QED) is 0.452. The van der Waals surface area contributed by atoms with E-state index in [1.807, 2.05) is 0 Å². The van der Waals surface area contributed by atoms with Crippen molar-refractivity contribution in [3.63, 3.8) is 0 Å². The van der Waals surface area contributed by atoms with Gasteiger partial charge < -0.3 is 0 Å². The second-order valence-corrected chi connectivity index (χ2v) is 7.74. The van der Waals surface area contributed by atoms with Crippen molar-refractivity contribution in [2.45, 2.75) is 28.1 Å². The summed E-state index contributed by atoms with van der Waals surface area (Å²) in [7, 11) is -3.29. The Balaban J connectivity index is 1.92. The van der Waals surface area contributed by atoms with Gasteiger partial charge in [-0.3, -0.25) is 4.90 Å². The highest BCUT2D eigenvalue weighted by atomic mass is 127. The minimum atomic E-state index is -3.29. The third kappa shape index (κ3) is 1.73. The average Bonchev–Trinajstić information content (AvgIpc) is 1.76. The molecule has 0 radical (unpaired) electrons. The van der Waals surface area contributed by atoms with Crippen molar-refractivity contribution in [2.75, 3.05) is 13.1 Å². The van der Waals surface area contributed by atoms with Crippen LogP contribution in [0.2, 0.25) is 0 Å². The van der Waals surface area contributed by atoms with Crippen molar-refractivity contribution >= 4 is 32.6 Å². The van der Waals surface area contributed by atoms with Crippen molar-refractivity contribution < 1.29 is 8.42 Å². The first kappa shape index (κ1) is 10.1. The zero-order chi connectivity index (χ0) is 9.69. The Morgan fingerprint density at radius 2 is 1.92 bits per heavy atom. The summed E-state index contributed by atoms with van der Waals surface area (Å²) in [6.07, 6.45) is 3.63. The maximum absolute atomic E-state index is 10.9. The molecule has 1 heterocycles. The molecule has 0 bridgehead atoms. The van der Waals surface area contributed by atoms with Crippen molar-refractivity contribution in [1.82, 2.24) is 4.90 Å². The number of halogens is 1. The number of likely N-dealkylation sites (tertiary alicyclic amines) is 1. The predicted octanol–water partition coefficient (Wildman–Crippen LogP) is 0.274. The van der Waals surface area contributed by atoms with E-state index in [2.05, 4.69) is 27.5 Å². The van der Waals surface area contributed by atoms with E-state index < -0.39 is 10.0 Å². The van der Waals surface area contributed by atoms with E-state index in [-0.39, 0.29) is 8.80 Å². The fourth-order valence-corrected chi connectivity index (χ4v) is 3.69. The van der Waals surface area contributed by atoms with Gasteiger partial charge in [0.15, 0.2) is 0 Å². The maximum atomic E-state index is 10.9. The molecule has 0 aromatic heterocycles. The molecular formula is C7H13IN2O2S. The molecule has 0 aromatic rings. The van der Waals surface area contributed by atoms with Gasteiger partial charge in [0.05, 0.1) is 3.55 Å². The van der Waals surface area contributed by atoms with E-state index >= 15 is 0 Å². The van der Waals surface area contributed by atoms with Gasteiger partial charge in [0.25, 0.3) is 0 Å². The SMILES string of the molecule is NS(=O)(=O)C1CN(C2(I)CCC2)C1. The highest BCUT2D eigenvalue weighted by Gasteiger charge is 2.48. The summed E-state index contributed by atoms with van der Waals surface area (Å²) in [6.45, 7) is 1.25. The molecule has 13 heavy (non-hydrogen) atoms. The molecule has 1 aliphatic heterocycles. The Morgan fingerprint density at radius 3 is 2.23 bits per heavy atom. The zero-order valence-corrected chi connectivity index (χ0v) is 10.2. The summed E-state index contributed by atoms with van der Waals surface area (Å²) in [5.41, 5.74) is 0. The van der Waals surface area contributed by atoms with Gasteiger partial charge >= 0.3 is 0 Å². The number of alkyl halides is 1. The van der Waals surface area contributed by atoms with Crippen LogP contribution >= 0.6 is 22.6 Å². The normalized spacial score (nSPS) is 29.4. The first-order valence-electron chi connectivity index (χ1n) is 4.37. The fourth-order valence-electron chi connectivity index (χ4n) is 1.76. The van der Waals surface area contributed by atoms with E-state index in [1.54, 1.807) is 0 Å². The molecule has 1 aliphatic carbocycles. The van der Waals surface area contributed by atoms with E-state index in [1.165, 1.54) is 19.3 Å². The summed E-state index contributed by atoms with van der Waals surface area (Å²) >= 11 is 2.43. The molecule has 0 amide bonds. The number of primary sulfonamides is 1. The van der Waals surface area contributed by atoms with Gasteiger partial charge in [0, 0.05) is 13.1 Å². The molecule has 0 aromatic carbocycles. The van der Waals surface area contributed by atoms with Crippen LogP contribution in [0.15, 0.2) is 0 Å². The lowest BCUT2D eigenvalue weighted by molar-refractivity contribution is 0.0576. The first-order chi connectivity index (χ1) is 5.92. The lowest BCUT2D eigenvalue weighted by Crippen LogP contribution is -2.65. The zero-order valence-electron chi connectivity index (χ0n) is 7.24. The van der Waals surface area contributed by atoms with E-state index in [0.29, 0.717) is 13.1 Å². The van der Waals surface area contributed by atoms with Gasteiger partial charge in [-0.1, -0.05) is 22.6 Å². The number of sulfonamides is 1. The molecule has 0 unspecified atom stereocenters. The molecule has 1 saturated carbocycles. The lowest BCUT2D eigenvalue weighted by atomic mass is 9.89. The Morgan fingerprint density at radius 1 is 1.38 bits per heavy atom. The maximum Gasteiger partial charge on any atom is 0.214 e. The van der Waals surface area contributed by atoms with Crippen molar-refractivity contribution in [2.24, 2.45) is 5.14 Å². The van der Waals surface area contributed by atoms with Gasteiger partial charge in [-0.05, 0) is 19.3 Å². The molecule has 76 valence electrons. The minimum absolute atomic E-state index is 0.249. The fraction of sp³-hybridized carbons (Fsp3) is 1.00. The van der Waals surface area contributed by atoms with Crippen LogP contribution in [0.25, 0.3) is 0 Å². The largest absolute Gasteiger partial charge is 0.286 e. The average molecular weight is 316 g/mol. The summed E-state index contributed by atoms with van der Waals surface area (Å²) in [5.74, 6) is 0. The minimum Gasteiger partial charge on any atom is -0.286 e. The number of rotatable bonds is 2. The van der Waals surface area contributed by atoms with Gasteiger partial charge in [-0.25, -0.2) is 13.6 Å². The summed E-state index contributed by atoms with van der Waals surface area (Å²) in [6, 6.07) is 0. The van der Waals surface area contributed by atoms with E-state index in [0.717, 1.165) is 0 Å². The monoisotopic (exact) mass is 316 g/mol. The molecule has 2 rings (SSSR count). The smallest absolute Gasteiger partial charge is 0.214 e. The first-order valence-corrected chi connectivity index (χ1v) is 7.06. The van der Waals surface area contributed by atoms with Gasteiger partial charge in [0.1, 0.15) is 5.25 Å². The molecule has 0 atom stereocenters. The van der Waals surface area contributed by atoms with Crippen LogP contribution in [0.1, 0.15) is 19.3 Å². The molecule has 2 N–H and O–H groups in total. The second kappa shape index (κ2) is 3.04. The van der Waals surface area contributed by atoms with Crippen LogP contribution in [0, 0.1) is 0 Å². The lowest BCUT2D eigenvalue weighted by Gasteiger charge is -2.53. The van der Waals surface area contributed by atoms with Gasteiger partial charge in [0.2, 0.25) is 10.0 Å². The third-order valence-corrected chi connectivity index (χ3v) is 5.99. The molecular weight excluding hydrogens is 303 g/mol. The number of nitrogens with two attached hydrogens (primary N) is 1.